The van der Waals surface area contributed by atoms with Crippen LogP contribution in [-0.4, -0.2) is 10.8 Å². The van der Waals surface area contributed by atoms with E-state index in [0.717, 1.165) is 36.2 Å². The highest BCUT2D eigenvalue weighted by Crippen LogP contribution is 2.32. The predicted octanol–water partition coefficient (Wildman–Crippen LogP) is 2.90. The number of hydrogen-bond acceptors (Lipinski definition) is 3. The maximum Gasteiger partial charge on any atom is 0.142 e. The molecule has 0 radical (unpaired) electrons. The maximum absolute atomic E-state index is 12.4. The molecule has 1 aromatic heterocycles. The molecule has 1 aromatic carbocycles. The second-order valence-electron chi connectivity index (χ2n) is 5.35. The van der Waals surface area contributed by atoms with E-state index in [9.17, 15) is 4.79 Å². The molecule has 1 atom stereocenters. The molecule has 3 nitrogen and oxygen atoms in total. The zero-order valence-corrected chi connectivity index (χ0v) is 11.4. The van der Waals surface area contributed by atoms with Crippen molar-refractivity contribution < 1.29 is 4.79 Å². The lowest BCUT2D eigenvalue weighted by atomic mass is 9.96. The van der Waals surface area contributed by atoms with Gasteiger partial charge in [0.1, 0.15) is 5.78 Å². The van der Waals surface area contributed by atoms with Crippen LogP contribution in [0.4, 0.5) is 5.69 Å². The number of carbonyl (C=O) groups is 1. The number of Topliss-reactive ketones (excluding diaryl/α,β-unsaturated/α-hetero) is 1. The van der Waals surface area contributed by atoms with Crippen LogP contribution in [0.5, 0.6) is 0 Å². The summed E-state index contributed by atoms with van der Waals surface area (Å²) in [6, 6.07) is 11.8. The molecule has 0 fully saturated rings. The first-order valence-corrected chi connectivity index (χ1v) is 7.05. The van der Waals surface area contributed by atoms with Crippen molar-refractivity contribution in [3.05, 3.63) is 59.4 Å². The van der Waals surface area contributed by atoms with Gasteiger partial charge in [-0.3, -0.25) is 9.78 Å². The molecule has 3 heteroatoms. The highest BCUT2D eigenvalue weighted by atomic mass is 16.1. The maximum atomic E-state index is 12.4. The molecular formula is C17H18N2O. The van der Waals surface area contributed by atoms with E-state index in [1.54, 1.807) is 6.20 Å². The van der Waals surface area contributed by atoms with Gasteiger partial charge < -0.3 is 5.73 Å². The Labute approximate surface area is 118 Å². The van der Waals surface area contributed by atoms with Gasteiger partial charge in [0.2, 0.25) is 0 Å². The van der Waals surface area contributed by atoms with Crippen molar-refractivity contribution in [1.82, 2.24) is 4.98 Å². The summed E-state index contributed by atoms with van der Waals surface area (Å²) in [5, 5.41) is 0. The van der Waals surface area contributed by atoms with Crippen LogP contribution < -0.4 is 5.73 Å². The normalized spacial score (nSPS) is 16.9. The minimum absolute atomic E-state index is 0.00717. The number of ketones is 1. The molecule has 0 saturated heterocycles. The van der Waals surface area contributed by atoms with Gasteiger partial charge in [0.05, 0.1) is 11.6 Å². The molecule has 0 saturated carbocycles. The average Bonchev–Trinajstić information content (AvgIpc) is 2.89. The number of benzene rings is 1. The summed E-state index contributed by atoms with van der Waals surface area (Å²) >= 11 is 0. The molecule has 3 rings (SSSR count). The fourth-order valence-corrected chi connectivity index (χ4v) is 2.92. The van der Waals surface area contributed by atoms with E-state index in [4.69, 9.17) is 5.73 Å². The van der Waals surface area contributed by atoms with E-state index in [2.05, 4.69) is 11.1 Å². The SMILES string of the molecule is Nc1cccc(CCC(=O)C2CCc3cccnc32)c1. The van der Waals surface area contributed by atoms with Crippen LogP contribution in [0.15, 0.2) is 42.6 Å². The average molecular weight is 266 g/mol. The van der Waals surface area contributed by atoms with E-state index in [1.165, 1.54) is 5.56 Å². The summed E-state index contributed by atoms with van der Waals surface area (Å²) in [5.74, 6) is 0.289. The first-order valence-electron chi connectivity index (χ1n) is 7.05. The topological polar surface area (TPSA) is 56.0 Å². The van der Waals surface area contributed by atoms with Crippen molar-refractivity contribution in [2.75, 3.05) is 5.73 Å². The zero-order valence-electron chi connectivity index (χ0n) is 11.4. The molecule has 1 unspecified atom stereocenters. The van der Waals surface area contributed by atoms with Crippen LogP contribution in [0.1, 0.15) is 35.6 Å². The molecule has 0 bridgehead atoms. The standard InChI is InChI=1S/C17H18N2O/c18-14-5-1-3-12(11-14)6-9-16(20)15-8-7-13-4-2-10-19-17(13)15/h1-5,10-11,15H,6-9,18H2. The van der Waals surface area contributed by atoms with Gasteiger partial charge in [0.15, 0.2) is 0 Å². The van der Waals surface area contributed by atoms with Crippen molar-refractivity contribution in [2.45, 2.75) is 31.6 Å². The number of nitrogens with two attached hydrogens (primary N) is 1. The Morgan fingerprint density at radius 1 is 1.30 bits per heavy atom. The smallest absolute Gasteiger partial charge is 0.142 e. The summed E-state index contributed by atoms with van der Waals surface area (Å²) in [5.41, 5.74) is 9.85. The second-order valence-corrected chi connectivity index (χ2v) is 5.35. The molecule has 20 heavy (non-hydrogen) atoms. The minimum atomic E-state index is -0.00717. The van der Waals surface area contributed by atoms with E-state index in [1.807, 2.05) is 30.3 Å². The van der Waals surface area contributed by atoms with Gasteiger partial charge in [-0.05, 0) is 48.6 Å². The number of hydrogen-bond donors (Lipinski definition) is 1. The summed E-state index contributed by atoms with van der Waals surface area (Å²) in [4.78, 5) is 16.8. The van der Waals surface area contributed by atoms with Crippen LogP contribution in [0.25, 0.3) is 0 Å². The number of fused-ring (bicyclic) bond motifs is 1. The molecule has 2 aromatic rings. The molecular weight excluding hydrogens is 248 g/mol. The van der Waals surface area contributed by atoms with Gasteiger partial charge in [-0.2, -0.15) is 0 Å². The first-order chi connectivity index (χ1) is 9.74. The van der Waals surface area contributed by atoms with Crippen molar-refractivity contribution >= 4 is 11.5 Å². The van der Waals surface area contributed by atoms with Gasteiger partial charge >= 0.3 is 0 Å². The third-order valence-electron chi connectivity index (χ3n) is 3.96. The lowest BCUT2D eigenvalue weighted by molar-refractivity contribution is -0.120. The van der Waals surface area contributed by atoms with Crippen LogP contribution >= 0.6 is 0 Å². The van der Waals surface area contributed by atoms with Gasteiger partial charge in [0, 0.05) is 18.3 Å². The van der Waals surface area contributed by atoms with Gasteiger partial charge in [-0.15, -0.1) is 0 Å². The number of rotatable bonds is 4. The number of aromatic nitrogens is 1. The predicted molar refractivity (Wildman–Crippen MR) is 79.5 cm³/mol. The van der Waals surface area contributed by atoms with Crippen LogP contribution in [0, 0.1) is 0 Å². The first kappa shape index (κ1) is 12.9. The Hall–Kier alpha value is -2.16. The Morgan fingerprint density at radius 3 is 3.05 bits per heavy atom. The van der Waals surface area contributed by atoms with Crippen molar-refractivity contribution in [3.8, 4) is 0 Å². The van der Waals surface area contributed by atoms with Crippen molar-refractivity contribution in [3.63, 3.8) is 0 Å². The zero-order chi connectivity index (χ0) is 13.9. The number of nitrogen functional groups attached to an aromatic ring is 1. The Balaban J connectivity index is 1.66. The molecule has 0 spiro atoms. The fourth-order valence-electron chi connectivity index (χ4n) is 2.92. The Bertz CT molecular complexity index is 636. The highest BCUT2D eigenvalue weighted by Gasteiger charge is 2.28. The van der Waals surface area contributed by atoms with Crippen molar-refractivity contribution in [2.24, 2.45) is 0 Å². The molecule has 1 heterocycles. The molecule has 1 aliphatic rings. The molecule has 1 aliphatic carbocycles. The Kier molecular flexibility index (Phi) is 3.50. The van der Waals surface area contributed by atoms with E-state index < -0.39 is 0 Å². The van der Waals surface area contributed by atoms with Gasteiger partial charge in [-0.25, -0.2) is 0 Å². The highest BCUT2D eigenvalue weighted by molar-refractivity contribution is 5.86. The third-order valence-corrected chi connectivity index (χ3v) is 3.96. The third kappa shape index (κ3) is 2.57. The van der Waals surface area contributed by atoms with Gasteiger partial charge in [0.25, 0.3) is 0 Å². The number of aryl methyl sites for hydroxylation is 2. The quantitative estimate of drug-likeness (QED) is 0.866. The largest absolute Gasteiger partial charge is 0.399 e. The lowest BCUT2D eigenvalue weighted by Crippen LogP contribution is -2.11. The van der Waals surface area contributed by atoms with Crippen molar-refractivity contribution in [1.29, 1.82) is 0 Å². The monoisotopic (exact) mass is 266 g/mol. The summed E-state index contributed by atoms with van der Waals surface area (Å²) < 4.78 is 0. The minimum Gasteiger partial charge on any atom is -0.399 e. The van der Waals surface area contributed by atoms with Crippen LogP contribution in [0.2, 0.25) is 0 Å². The summed E-state index contributed by atoms with van der Waals surface area (Å²) in [7, 11) is 0. The van der Waals surface area contributed by atoms with E-state index in [0.29, 0.717) is 12.2 Å². The number of carbonyl (C=O) groups excluding carboxylic acids is 1. The molecule has 2 N–H and O–H groups in total. The lowest BCUT2D eigenvalue weighted by Gasteiger charge is -2.09. The molecule has 0 amide bonds. The number of pyridine rings is 1. The summed E-state index contributed by atoms with van der Waals surface area (Å²) in [6.45, 7) is 0. The van der Waals surface area contributed by atoms with Crippen LogP contribution in [0.3, 0.4) is 0 Å². The van der Waals surface area contributed by atoms with E-state index >= 15 is 0 Å². The summed E-state index contributed by atoms with van der Waals surface area (Å²) in [6.07, 6.45) is 4.97. The molecule has 102 valence electrons. The molecule has 0 aliphatic heterocycles. The van der Waals surface area contributed by atoms with E-state index in [-0.39, 0.29) is 5.92 Å². The Morgan fingerprint density at radius 2 is 2.20 bits per heavy atom. The van der Waals surface area contributed by atoms with Crippen LogP contribution in [-0.2, 0) is 17.6 Å². The number of nitrogens with zero attached hydrogens (tertiary/aromatic N) is 1. The second kappa shape index (κ2) is 5.45. The van der Waals surface area contributed by atoms with Gasteiger partial charge in [-0.1, -0.05) is 18.2 Å². The number of anilines is 1. The fraction of sp³-hybridized carbons (Fsp3) is 0.294.